The van der Waals surface area contributed by atoms with Crippen LogP contribution in [0.1, 0.15) is 5.56 Å². The van der Waals surface area contributed by atoms with E-state index in [4.69, 9.17) is 11.1 Å². The second-order valence-corrected chi connectivity index (χ2v) is 5.19. The fourth-order valence-corrected chi connectivity index (χ4v) is 2.89. The summed E-state index contributed by atoms with van der Waals surface area (Å²) >= 11 is 1.53. The molecule has 0 amide bonds. The summed E-state index contributed by atoms with van der Waals surface area (Å²) in [5.41, 5.74) is 7.38. The third-order valence-electron chi connectivity index (χ3n) is 2.80. The summed E-state index contributed by atoms with van der Waals surface area (Å²) in [6.07, 6.45) is 3.37. The van der Waals surface area contributed by atoms with Gasteiger partial charge in [-0.05, 0) is 18.2 Å². The monoisotopic (exact) mass is 268 g/mol. The minimum Gasteiger partial charge on any atom is -0.384 e. The summed E-state index contributed by atoms with van der Waals surface area (Å²) in [5, 5.41) is 9.75. The van der Waals surface area contributed by atoms with E-state index >= 15 is 0 Å². The second kappa shape index (κ2) is 4.78. The van der Waals surface area contributed by atoms with Crippen LogP contribution in [0.3, 0.4) is 0 Å². The molecule has 3 rings (SSSR count). The molecule has 2 heterocycles. The van der Waals surface area contributed by atoms with Crippen molar-refractivity contribution >= 4 is 28.5 Å². The fourth-order valence-electron chi connectivity index (χ4n) is 1.90. The van der Waals surface area contributed by atoms with Gasteiger partial charge in [0, 0.05) is 33.8 Å². The smallest absolute Gasteiger partial charge is 0.124 e. The molecule has 0 atom stereocenters. The lowest BCUT2D eigenvalue weighted by atomic mass is 10.2. The van der Waals surface area contributed by atoms with Gasteiger partial charge in [-0.3, -0.25) is 10.4 Å². The number of hydrogen-bond acceptors (Lipinski definition) is 3. The molecule has 3 aromatic rings. The first-order valence-corrected chi connectivity index (χ1v) is 6.60. The molecule has 0 aliphatic heterocycles. The van der Waals surface area contributed by atoms with Crippen molar-refractivity contribution in [3.8, 4) is 0 Å². The number of hydrogen-bond donors (Lipinski definition) is 3. The van der Waals surface area contributed by atoms with E-state index in [1.54, 1.807) is 18.5 Å². The van der Waals surface area contributed by atoms with Crippen LogP contribution < -0.4 is 5.73 Å². The summed E-state index contributed by atoms with van der Waals surface area (Å²) in [6.45, 7) is 0. The van der Waals surface area contributed by atoms with Gasteiger partial charge in [-0.1, -0.05) is 30.0 Å². The highest BCUT2D eigenvalue weighted by molar-refractivity contribution is 7.99. The number of para-hydroxylation sites is 1. The SMILES string of the molecule is N=C(N)c1ccncc1Sc1cc2ccccc2[nH]1. The van der Waals surface area contributed by atoms with Crippen LogP contribution in [-0.4, -0.2) is 15.8 Å². The summed E-state index contributed by atoms with van der Waals surface area (Å²) < 4.78 is 0. The number of pyridine rings is 1. The molecular formula is C14H12N4S. The fraction of sp³-hybridized carbons (Fsp3) is 0. The second-order valence-electron chi connectivity index (χ2n) is 4.11. The Morgan fingerprint density at radius 3 is 2.89 bits per heavy atom. The molecule has 5 heteroatoms. The van der Waals surface area contributed by atoms with Crippen LogP contribution in [0, 0.1) is 5.41 Å². The molecule has 2 aromatic heterocycles. The molecule has 0 bridgehead atoms. The number of amidine groups is 1. The van der Waals surface area contributed by atoms with Gasteiger partial charge in [0.1, 0.15) is 5.84 Å². The lowest BCUT2D eigenvalue weighted by Gasteiger charge is -2.05. The van der Waals surface area contributed by atoms with Crippen LogP contribution in [0.5, 0.6) is 0 Å². The maximum atomic E-state index is 7.58. The Morgan fingerprint density at radius 2 is 2.11 bits per heavy atom. The average molecular weight is 268 g/mol. The molecule has 19 heavy (non-hydrogen) atoms. The Labute approximate surface area is 114 Å². The molecular weight excluding hydrogens is 256 g/mol. The predicted molar refractivity (Wildman–Crippen MR) is 77.7 cm³/mol. The highest BCUT2D eigenvalue weighted by Gasteiger charge is 2.08. The number of nitrogens with zero attached hydrogens (tertiary/aromatic N) is 1. The summed E-state index contributed by atoms with van der Waals surface area (Å²) in [4.78, 5) is 8.30. The van der Waals surface area contributed by atoms with Gasteiger partial charge >= 0.3 is 0 Å². The quantitative estimate of drug-likeness (QED) is 0.504. The normalized spacial score (nSPS) is 10.7. The topological polar surface area (TPSA) is 78.6 Å². The average Bonchev–Trinajstić information content (AvgIpc) is 2.81. The Hall–Kier alpha value is -2.27. The van der Waals surface area contributed by atoms with Gasteiger partial charge in [0.05, 0.1) is 5.03 Å². The minimum atomic E-state index is 0.0565. The lowest BCUT2D eigenvalue weighted by Crippen LogP contribution is -2.12. The van der Waals surface area contributed by atoms with Crippen molar-refractivity contribution in [2.45, 2.75) is 9.92 Å². The predicted octanol–water partition coefficient (Wildman–Crippen LogP) is 3.00. The van der Waals surface area contributed by atoms with Crippen LogP contribution in [0.4, 0.5) is 0 Å². The van der Waals surface area contributed by atoms with Crippen molar-refractivity contribution in [1.29, 1.82) is 5.41 Å². The molecule has 94 valence electrons. The highest BCUT2D eigenvalue weighted by Crippen LogP contribution is 2.31. The number of H-pyrrole nitrogens is 1. The molecule has 0 aliphatic carbocycles. The number of rotatable bonds is 3. The number of nitrogens with two attached hydrogens (primary N) is 1. The molecule has 0 unspecified atom stereocenters. The first-order chi connectivity index (χ1) is 9.24. The maximum Gasteiger partial charge on any atom is 0.124 e. The zero-order chi connectivity index (χ0) is 13.2. The maximum absolute atomic E-state index is 7.58. The van der Waals surface area contributed by atoms with E-state index in [0.717, 1.165) is 15.4 Å². The number of nitrogen functional groups attached to an aromatic ring is 1. The summed E-state index contributed by atoms with van der Waals surface area (Å²) in [5.74, 6) is 0.0565. The van der Waals surface area contributed by atoms with Gasteiger partial charge in [-0.15, -0.1) is 0 Å². The Bertz CT molecular complexity index is 715. The van der Waals surface area contributed by atoms with Crippen molar-refractivity contribution in [2.24, 2.45) is 5.73 Å². The van der Waals surface area contributed by atoms with Crippen molar-refractivity contribution in [3.63, 3.8) is 0 Å². The van der Waals surface area contributed by atoms with E-state index in [0.29, 0.717) is 5.56 Å². The van der Waals surface area contributed by atoms with Gasteiger partial charge in [0.2, 0.25) is 0 Å². The van der Waals surface area contributed by atoms with Crippen molar-refractivity contribution in [1.82, 2.24) is 9.97 Å². The van der Waals surface area contributed by atoms with Crippen LogP contribution in [-0.2, 0) is 0 Å². The molecule has 1 aromatic carbocycles. The van der Waals surface area contributed by atoms with Crippen LogP contribution >= 0.6 is 11.8 Å². The number of nitrogens with one attached hydrogen (secondary N) is 2. The van der Waals surface area contributed by atoms with Crippen molar-refractivity contribution in [3.05, 3.63) is 54.4 Å². The Kier molecular flexibility index (Phi) is 2.97. The largest absolute Gasteiger partial charge is 0.384 e. The van der Waals surface area contributed by atoms with Crippen LogP contribution in [0.2, 0.25) is 0 Å². The lowest BCUT2D eigenvalue weighted by molar-refractivity contribution is 1.18. The molecule has 4 nitrogen and oxygen atoms in total. The number of aromatic amines is 1. The first-order valence-electron chi connectivity index (χ1n) is 5.78. The van der Waals surface area contributed by atoms with Crippen LogP contribution in [0.25, 0.3) is 10.9 Å². The Balaban J connectivity index is 1.99. The van der Waals surface area contributed by atoms with E-state index in [1.165, 1.54) is 17.1 Å². The van der Waals surface area contributed by atoms with Gasteiger partial charge in [-0.2, -0.15) is 0 Å². The third-order valence-corrected chi connectivity index (χ3v) is 3.78. The third kappa shape index (κ3) is 2.32. The minimum absolute atomic E-state index is 0.0565. The molecule has 0 fully saturated rings. The van der Waals surface area contributed by atoms with E-state index in [2.05, 4.69) is 22.1 Å². The zero-order valence-electron chi connectivity index (χ0n) is 10.1. The highest BCUT2D eigenvalue weighted by atomic mass is 32.2. The molecule has 0 spiro atoms. The first kappa shape index (κ1) is 11.8. The summed E-state index contributed by atoms with van der Waals surface area (Å²) in [6, 6.07) is 11.9. The molecule has 4 N–H and O–H groups in total. The van der Waals surface area contributed by atoms with E-state index in [1.807, 2.05) is 18.2 Å². The standard InChI is InChI=1S/C14H12N4S/c15-14(16)10-5-6-17-8-12(10)19-13-7-9-3-1-2-4-11(9)18-13/h1-8,18H,(H3,15,16). The molecule has 0 radical (unpaired) electrons. The van der Waals surface area contributed by atoms with Gasteiger partial charge in [0.25, 0.3) is 0 Å². The molecule has 0 aliphatic rings. The summed E-state index contributed by atoms with van der Waals surface area (Å²) in [7, 11) is 0. The molecule has 0 saturated carbocycles. The van der Waals surface area contributed by atoms with Crippen LogP contribution in [0.15, 0.2) is 58.7 Å². The van der Waals surface area contributed by atoms with Crippen molar-refractivity contribution < 1.29 is 0 Å². The van der Waals surface area contributed by atoms with E-state index < -0.39 is 0 Å². The number of fused-ring (bicyclic) bond motifs is 1. The van der Waals surface area contributed by atoms with Crippen molar-refractivity contribution in [2.75, 3.05) is 0 Å². The van der Waals surface area contributed by atoms with E-state index in [-0.39, 0.29) is 5.84 Å². The number of benzene rings is 1. The van der Waals surface area contributed by atoms with Gasteiger partial charge in [-0.25, -0.2) is 0 Å². The number of aromatic nitrogens is 2. The van der Waals surface area contributed by atoms with Gasteiger partial charge in [0.15, 0.2) is 0 Å². The van der Waals surface area contributed by atoms with Gasteiger partial charge < -0.3 is 10.7 Å². The Morgan fingerprint density at radius 1 is 1.26 bits per heavy atom. The molecule has 0 saturated heterocycles. The van der Waals surface area contributed by atoms with E-state index in [9.17, 15) is 0 Å². The zero-order valence-corrected chi connectivity index (χ0v) is 10.9.